The van der Waals surface area contributed by atoms with Gasteiger partial charge in [-0.15, -0.1) is 0 Å². The standard InChI is InChI=1S/C21H24N4/c1-16(18-7-5-4-6-8-18)23-21-14-22-13-20(24-21)19-11-9-17(10-12-19)15-25(2)3/h4-14,16H,15H2,1-3H3,(H,23,24). The second kappa shape index (κ2) is 7.90. The van der Waals surface area contributed by atoms with Crippen molar-refractivity contribution in [3.8, 4) is 11.3 Å². The summed E-state index contributed by atoms with van der Waals surface area (Å²) in [5, 5.41) is 3.43. The number of nitrogens with zero attached hydrogens (tertiary/aromatic N) is 3. The van der Waals surface area contributed by atoms with E-state index < -0.39 is 0 Å². The molecule has 0 aliphatic carbocycles. The van der Waals surface area contributed by atoms with Crippen LogP contribution in [0.3, 0.4) is 0 Å². The Bertz CT molecular complexity index is 798. The molecule has 25 heavy (non-hydrogen) atoms. The van der Waals surface area contributed by atoms with Crippen molar-refractivity contribution in [3.05, 3.63) is 78.1 Å². The molecule has 0 saturated carbocycles. The van der Waals surface area contributed by atoms with E-state index in [4.69, 9.17) is 4.98 Å². The van der Waals surface area contributed by atoms with Gasteiger partial charge in [0.2, 0.25) is 0 Å². The van der Waals surface area contributed by atoms with Crippen molar-refractivity contribution in [2.45, 2.75) is 19.5 Å². The van der Waals surface area contributed by atoms with Crippen LogP contribution in [-0.4, -0.2) is 29.0 Å². The highest BCUT2D eigenvalue weighted by Gasteiger charge is 2.07. The maximum atomic E-state index is 4.72. The molecule has 4 nitrogen and oxygen atoms in total. The summed E-state index contributed by atoms with van der Waals surface area (Å²) in [6.07, 6.45) is 3.57. The topological polar surface area (TPSA) is 41.1 Å². The number of benzene rings is 2. The summed E-state index contributed by atoms with van der Waals surface area (Å²) in [7, 11) is 4.14. The zero-order valence-corrected chi connectivity index (χ0v) is 15.0. The summed E-state index contributed by atoms with van der Waals surface area (Å²) in [6, 6.07) is 19.0. The van der Waals surface area contributed by atoms with E-state index in [-0.39, 0.29) is 6.04 Å². The van der Waals surface area contributed by atoms with Crippen LogP contribution < -0.4 is 5.32 Å². The minimum absolute atomic E-state index is 0.174. The lowest BCUT2D eigenvalue weighted by atomic mass is 10.1. The maximum Gasteiger partial charge on any atom is 0.145 e. The summed E-state index contributed by atoms with van der Waals surface area (Å²) < 4.78 is 0. The van der Waals surface area contributed by atoms with Crippen molar-refractivity contribution < 1.29 is 0 Å². The predicted octanol–water partition coefficient (Wildman–Crippen LogP) is 4.38. The highest BCUT2D eigenvalue weighted by atomic mass is 15.0. The Kier molecular flexibility index (Phi) is 5.41. The largest absolute Gasteiger partial charge is 0.362 e. The third-order valence-electron chi connectivity index (χ3n) is 4.05. The Morgan fingerprint density at radius 1 is 0.960 bits per heavy atom. The van der Waals surface area contributed by atoms with Crippen LogP contribution in [0.25, 0.3) is 11.3 Å². The van der Waals surface area contributed by atoms with Crippen molar-refractivity contribution in [2.24, 2.45) is 0 Å². The van der Waals surface area contributed by atoms with Gasteiger partial charge in [-0.2, -0.15) is 0 Å². The van der Waals surface area contributed by atoms with Gasteiger partial charge >= 0.3 is 0 Å². The van der Waals surface area contributed by atoms with Gasteiger partial charge in [-0.1, -0.05) is 54.6 Å². The second-order valence-electron chi connectivity index (χ2n) is 6.50. The molecule has 3 aromatic rings. The molecular weight excluding hydrogens is 308 g/mol. The number of anilines is 1. The molecule has 0 aliphatic heterocycles. The molecule has 0 amide bonds. The molecule has 0 fully saturated rings. The van der Waals surface area contributed by atoms with Crippen molar-refractivity contribution in [1.82, 2.24) is 14.9 Å². The van der Waals surface area contributed by atoms with E-state index in [0.717, 1.165) is 23.6 Å². The first-order chi connectivity index (χ1) is 12.1. The minimum atomic E-state index is 0.174. The number of hydrogen-bond acceptors (Lipinski definition) is 4. The third-order valence-corrected chi connectivity index (χ3v) is 4.05. The Hall–Kier alpha value is -2.72. The summed E-state index contributed by atoms with van der Waals surface area (Å²) in [4.78, 5) is 11.2. The van der Waals surface area contributed by atoms with Gasteiger partial charge in [-0.05, 0) is 32.1 Å². The highest BCUT2D eigenvalue weighted by Crippen LogP contribution is 2.21. The second-order valence-corrected chi connectivity index (χ2v) is 6.50. The zero-order valence-electron chi connectivity index (χ0n) is 15.0. The number of rotatable bonds is 6. The fraction of sp³-hybridized carbons (Fsp3) is 0.238. The summed E-state index contributed by atoms with van der Waals surface area (Å²) in [5.74, 6) is 0.784. The lowest BCUT2D eigenvalue weighted by molar-refractivity contribution is 0.402. The fourth-order valence-electron chi connectivity index (χ4n) is 2.77. The lowest BCUT2D eigenvalue weighted by Crippen LogP contribution is -2.10. The van der Waals surface area contributed by atoms with E-state index in [1.165, 1.54) is 11.1 Å². The lowest BCUT2D eigenvalue weighted by Gasteiger charge is -2.15. The van der Waals surface area contributed by atoms with Crippen LogP contribution >= 0.6 is 0 Å². The van der Waals surface area contributed by atoms with Gasteiger partial charge in [-0.25, -0.2) is 4.98 Å². The Balaban J connectivity index is 1.75. The van der Waals surface area contributed by atoms with E-state index in [1.807, 2.05) is 18.2 Å². The van der Waals surface area contributed by atoms with Crippen LogP contribution in [-0.2, 0) is 6.54 Å². The number of aromatic nitrogens is 2. The van der Waals surface area contributed by atoms with Crippen molar-refractivity contribution in [3.63, 3.8) is 0 Å². The molecule has 1 atom stereocenters. The molecule has 1 unspecified atom stereocenters. The van der Waals surface area contributed by atoms with Crippen molar-refractivity contribution >= 4 is 5.82 Å². The van der Waals surface area contributed by atoms with E-state index in [9.17, 15) is 0 Å². The molecule has 4 heteroatoms. The maximum absolute atomic E-state index is 4.72. The first kappa shape index (κ1) is 17.1. The van der Waals surface area contributed by atoms with Crippen LogP contribution in [0.5, 0.6) is 0 Å². The molecule has 0 bridgehead atoms. The molecule has 0 spiro atoms. The van der Waals surface area contributed by atoms with Crippen LogP contribution in [0.4, 0.5) is 5.82 Å². The van der Waals surface area contributed by atoms with E-state index in [1.54, 1.807) is 12.4 Å². The van der Waals surface area contributed by atoms with Crippen LogP contribution in [0.1, 0.15) is 24.1 Å². The number of hydrogen-bond donors (Lipinski definition) is 1. The van der Waals surface area contributed by atoms with Crippen molar-refractivity contribution in [1.29, 1.82) is 0 Å². The molecule has 3 rings (SSSR count). The first-order valence-corrected chi connectivity index (χ1v) is 8.49. The summed E-state index contributed by atoms with van der Waals surface area (Å²) in [6.45, 7) is 3.06. The highest BCUT2D eigenvalue weighted by molar-refractivity contribution is 5.60. The molecule has 0 saturated heterocycles. The van der Waals surface area contributed by atoms with E-state index in [2.05, 4.69) is 72.6 Å². The Morgan fingerprint density at radius 3 is 2.36 bits per heavy atom. The monoisotopic (exact) mass is 332 g/mol. The fourth-order valence-corrected chi connectivity index (χ4v) is 2.77. The van der Waals surface area contributed by atoms with Crippen molar-refractivity contribution in [2.75, 3.05) is 19.4 Å². The molecule has 1 heterocycles. The molecule has 1 N–H and O–H groups in total. The van der Waals surface area contributed by atoms with E-state index in [0.29, 0.717) is 0 Å². The molecular formula is C21H24N4. The van der Waals surface area contributed by atoms with E-state index >= 15 is 0 Å². The average molecular weight is 332 g/mol. The van der Waals surface area contributed by atoms with Gasteiger partial charge in [0.1, 0.15) is 5.82 Å². The number of nitrogens with one attached hydrogen (secondary N) is 1. The quantitative estimate of drug-likeness (QED) is 0.727. The normalized spacial score (nSPS) is 12.2. The van der Waals surface area contributed by atoms with Gasteiger partial charge in [0.15, 0.2) is 0 Å². The van der Waals surface area contributed by atoms with Gasteiger partial charge in [-0.3, -0.25) is 4.98 Å². The minimum Gasteiger partial charge on any atom is -0.362 e. The SMILES string of the molecule is CC(Nc1cncc(-c2ccc(CN(C)C)cc2)n1)c1ccccc1. The summed E-state index contributed by atoms with van der Waals surface area (Å²) in [5.41, 5.74) is 4.46. The molecule has 2 aromatic carbocycles. The van der Waals surface area contributed by atoms with Crippen LogP contribution in [0.15, 0.2) is 67.0 Å². The summed E-state index contributed by atoms with van der Waals surface area (Å²) >= 11 is 0. The molecule has 128 valence electrons. The predicted molar refractivity (Wildman–Crippen MR) is 103 cm³/mol. The van der Waals surface area contributed by atoms with Gasteiger partial charge in [0.25, 0.3) is 0 Å². The third kappa shape index (κ3) is 4.64. The Morgan fingerprint density at radius 2 is 1.68 bits per heavy atom. The molecule has 1 aromatic heterocycles. The van der Waals surface area contributed by atoms with Crippen LogP contribution in [0.2, 0.25) is 0 Å². The van der Waals surface area contributed by atoms with Crippen LogP contribution in [0, 0.1) is 0 Å². The Labute approximate surface area is 149 Å². The average Bonchev–Trinajstić information content (AvgIpc) is 2.63. The molecule has 0 aliphatic rings. The smallest absolute Gasteiger partial charge is 0.145 e. The first-order valence-electron chi connectivity index (χ1n) is 8.49. The van der Waals surface area contributed by atoms with Gasteiger partial charge in [0, 0.05) is 18.2 Å². The molecule has 0 radical (unpaired) electrons. The van der Waals surface area contributed by atoms with Gasteiger partial charge in [0.05, 0.1) is 18.1 Å². The van der Waals surface area contributed by atoms with Gasteiger partial charge < -0.3 is 10.2 Å². The zero-order chi connectivity index (χ0) is 17.6.